The van der Waals surface area contributed by atoms with Crippen molar-refractivity contribution in [3.05, 3.63) is 69.1 Å². The topological polar surface area (TPSA) is 84.3 Å². The van der Waals surface area contributed by atoms with Crippen molar-refractivity contribution >= 4 is 40.1 Å². The summed E-state index contributed by atoms with van der Waals surface area (Å²) in [5.74, 6) is -0.642. The highest BCUT2D eigenvalue weighted by molar-refractivity contribution is 6.33. The molecule has 2 amide bonds. The predicted octanol–water partition coefficient (Wildman–Crippen LogP) is 3.23. The van der Waals surface area contributed by atoms with Crippen LogP contribution in [0.2, 0.25) is 5.02 Å². The molecule has 154 valence electrons. The summed E-state index contributed by atoms with van der Waals surface area (Å²) in [7, 11) is 0. The summed E-state index contributed by atoms with van der Waals surface area (Å²) in [5, 5.41) is 3.50. The van der Waals surface area contributed by atoms with Crippen molar-refractivity contribution in [2.75, 3.05) is 18.4 Å². The lowest BCUT2D eigenvalue weighted by Gasteiger charge is -2.17. The van der Waals surface area contributed by atoms with Gasteiger partial charge < -0.3 is 14.8 Å². The van der Waals surface area contributed by atoms with Gasteiger partial charge in [0.2, 0.25) is 11.3 Å². The molecule has 1 aliphatic heterocycles. The summed E-state index contributed by atoms with van der Waals surface area (Å²) in [6, 6.07) is 10.3. The second-order valence-corrected chi connectivity index (χ2v) is 7.76. The Morgan fingerprint density at radius 2 is 1.87 bits per heavy atom. The number of rotatable bonds is 4. The van der Waals surface area contributed by atoms with Crippen LogP contribution in [0.1, 0.15) is 28.9 Å². The SMILES string of the molecule is Cc1ccc2c(=O)c(C(=O)N3CCCC3)cn(CC(=O)Nc3ccccc3Cl)c2n1. The zero-order valence-corrected chi connectivity index (χ0v) is 17.3. The van der Waals surface area contributed by atoms with E-state index in [2.05, 4.69) is 10.3 Å². The number of aromatic nitrogens is 2. The van der Waals surface area contributed by atoms with Crippen LogP contribution in [0.5, 0.6) is 0 Å². The zero-order chi connectivity index (χ0) is 21.3. The number of aryl methyl sites for hydroxylation is 1. The van der Waals surface area contributed by atoms with E-state index >= 15 is 0 Å². The fourth-order valence-electron chi connectivity index (χ4n) is 3.63. The van der Waals surface area contributed by atoms with Crippen LogP contribution in [0.25, 0.3) is 11.0 Å². The maximum atomic E-state index is 13.0. The van der Waals surface area contributed by atoms with Gasteiger partial charge >= 0.3 is 0 Å². The molecule has 1 saturated heterocycles. The number of anilines is 1. The van der Waals surface area contributed by atoms with Gasteiger partial charge in [0.1, 0.15) is 17.8 Å². The molecule has 1 aliphatic rings. The minimum atomic E-state index is -0.364. The summed E-state index contributed by atoms with van der Waals surface area (Å²) >= 11 is 6.12. The fraction of sp³-hybridized carbons (Fsp3) is 0.273. The lowest BCUT2D eigenvalue weighted by molar-refractivity contribution is -0.116. The minimum Gasteiger partial charge on any atom is -0.338 e. The average Bonchev–Trinajstić information content (AvgIpc) is 3.26. The smallest absolute Gasteiger partial charge is 0.259 e. The Morgan fingerprint density at radius 1 is 1.13 bits per heavy atom. The Balaban J connectivity index is 1.73. The van der Waals surface area contributed by atoms with Crippen molar-refractivity contribution in [3.63, 3.8) is 0 Å². The van der Waals surface area contributed by atoms with Gasteiger partial charge in [-0.1, -0.05) is 23.7 Å². The van der Waals surface area contributed by atoms with Crippen molar-refractivity contribution in [3.8, 4) is 0 Å². The highest BCUT2D eigenvalue weighted by Crippen LogP contribution is 2.21. The number of halogens is 1. The van der Waals surface area contributed by atoms with Crippen LogP contribution < -0.4 is 10.7 Å². The van der Waals surface area contributed by atoms with Gasteiger partial charge in [-0.3, -0.25) is 14.4 Å². The molecule has 8 heteroatoms. The maximum Gasteiger partial charge on any atom is 0.259 e. The van der Waals surface area contributed by atoms with E-state index < -0.39 is 0 Å². The van der Waals surface area contributed by atoms with Crippen molar-refractivity contribution in [1.29, 1.82) is 0 Å². The lowest BCUT2D eigenvalue weighted by atomic mass is 10.1. The second kappa shape index (κ2) is 8.28. The molecule has 1 aromatic carbocycles. The molecule has 2 aromatic heterocycles. The minimum absolute atomic E-state index is 0.0561. The Labute approximate surface area is 178 Å². The molecule has 0 atom stereocenters. The number of amides is 2. The number of pyridine rings is 2. The van der Waals surface area contributed by atoms with E-state index in [0.29, 0.717) is 40.5 Å². The third kappa shape index (κ3) is 3.93. The summed E-state index contributed by atoms with van der Waals surface area (Å²) in [5.41, 5.74) is 1.26. The molecular formula is C22H21ClN4O3. The molecule has 1 fully saturated rings. The third-order valence-corrected chi connectivity index (χ3v) is 5.48. The highest BCUT2D eigenvalue weighted by Gasteiger charge is 2.24. The number of nitrogens with zero attached hydrogens (tertiary/aromatic N) is 3. The maximum absolute atomic E-state index is 13.0. The second-order valence-electron chi connectivity index (χ2n) is 7.35. The van der Waals surface area contributed by atoms with Crippen molar-refractivity contribution in [2.45, 2.75) is 26.3 Å². The van der Waals surface area contributed by atoms with E-state index in [1.165, 1.54) is 6.20 Å². The van der Waals surface area contributed by atoms with Crippen LogP contribution in [-0.2, 0) is 11.3 Å². The zero-order valence-electron chi connectivity index (χ0n) is 16.5. The van der Waals surface area contributed by atoms with E-state index in [9.17, 15) is 14.4 Å². The van der Waals surface area contributed by atoms with Crippen LogP contribution >= 0.6 is 11.6 Å². The van der Waals surface area contributed by atoms with Crippen molar-refractivity contribution in [2.24, 2.45) is 0 Å². The number of nitrogens with one attached hydrogen (secondary N) is 1. The Hall–Kier alpha value is -3.19. The van der Waals surface area contributed by atoms with Crippen molar-refractivity contribution < 1.29 is 9.59 Å². The number of hydrogen-bond donors (Lipinski definition) is 1. The largest absolute Gasteiger partial charge is 0.338 e. The molecule has 0 bridgehead atoms. The van der Waals surface area contributed by atoms with Crippen LogP contribution in [0, 0.1) is 6.92 Å². The normalized spacial score (nSPS) is 13.6. The van der Waals surface area contributed by atoms with E-state index in [1.807, 2.05) is 0 Å². The summed E-state index contributed by atoms with van der Waals surface area (Å²) < 4.78 is 1.55. The van der Waals surface area contributed by atoms with Crippen molar-refractivity contribution in [1.82, 2.24) is 14.5 Å². The van der Waals surface area contributed by atoms with Crippen LogP contribution in [0.3, 0.4) is 0 Å². The van der Waals surface area contributed by atoms with Gasteiger partial charge in [0.05, 0.1) is 16.1 Å². The van der Waals surface area contributed by atoms with Crippen LogP contribution in [0.4, 0.5) is 5.69 Å². The van der Waals surface area contributed by atoms with Crippen LogP contribution in [0.15, 0.2) is 47.4 Å². The van der Waals surface area contributed by atoms with E-state index in [-0.39, 0.29) is 29.4 Å². The van der Waals surface area contributed by atoms with E-state index in [4.69, 9.17) is 11.6 Å². The third-order valence-electron chi connectivity index (χ3n) is 5.15. The molecule has 3 heterocycles. The molecule has 0 spiro atoms. The number of fused-ring (bicyclic) bond motifs is 1. The molecule has 0 aliphatic carbocycles. The monoisotopic (exact) mass is 424 g/mol. The number of benzene rings is 1. The Bertz CT molecular complexity index is 1200. The fourth-order valence-corrected chi connectivity index (χ4v) is 3.81. The first-order chi connectivity index (χ1) is 14.4. The molecule has 30 heavy (non-hydrogen) atoms. The van der Waals surface area contributed by atoms with Crippen LogP contribution in [-0.4, -0.2) is 39.4 Å². The molecular weight excluding hydrogens is 404 g/mol. The van der Waals surface area contributed by atoms with Gasteiger partial charge in [-0.2, -0.15) is 0 Å². The molecule has 0 radical (unpaired) electrons. The number of carbonyl (C=O) groups excluding carboxylic acids is 2. The number of likely N-dealkylation sites (tertiary alicyclic amines) is 1. The highest BCUT2D eigenvalue weighted by atomic mass is 35.5. The summed E-state index contributed by atoms with van der Waals surface area (Å²) in [4.78, 5) is 44.7. The molecule has 3 aromatic rings. The lowest BCUT2D eigenvalue weighted by Crippen LogP contribution is -2.33. The first-order valence-corrected chi connectivity index (χ1v) is 10.2. The predicted molar refractivity (Wildman–Crippen MR) is 116 cm³/mol. The summed E-state index contributed by atoms with van der Waals surface area (Å²) in [6.07, 6.45) is 3.30. The molecule has 7 nitrogen and oxygen atoms in total. The van der Waals surface area contributed by atoms with Gasteiger partial charge in [-0.05, 0) is 44.0 Å². The van der Waals surface area contributed by atoms with E-state index in [0.717, 1.165) is 12.8 Å². The van der Waals surface area contributed by atoms with Gasteiger partial charge in [0, 0.05) is 25.0 Å². The average molecular weight is 425 g/mol. The Morgan fingerprint density at radius 3 is 2.60 bits per heavy atom. The Kier molecular flexibility index (Phi) is 5.55. The first kappa shape index (κ1) is 20.1. The standard InChI is InChI=1S/C22H21ClN4O3/c1-14-8-9-15-20(29)16(22(30)26-10-4-5-11-26)12-27(21(15)24-14)13-19(28)25-18-7-3-2-6-17(18)23/h2-3,6-9,12H,4-5,10-11,13H2,1H3,(H,25,28). The molecule has 1 N–H and O–H groups in total. The molecule has 0 saturated carbocycles. The quantitative estimate of drug-likeness (QED) is 0.696. The van der Waals surface area contributed by atoms with Gasteiger partial charge in [-0.15, -0.1) is 0 Å². The van der Waals surface area contributed by atoms with Gasteiger partial charge in [0.15, 0.2) is 0 Å². The molecule has 4 rings (SSSR count). The summed E-state index contributed by atoms with van der Waals surface area (Å²) in [6.45, 7) is 2.96. The number of para-hydroxylation sites is 1. The first-order valence-electron chi connectivity index (χ1n) is 9.78. The number of hydrogen-bond acceptors (Lipinski definition) is 4. The van der Waals surface area contributed by atoms with Gasteiger partial charge in [-0.25, -0.2) is 4.98 Å². The van der Waals surface area contributed by atoms with Gasteiger partial charge in [0.25, 0.3) is 5.91 Å². The number of carbonyl (C=O) groups is 2. The van der Waals surface area contributed by atoms with E-state index in [1.54, 1.807) is 52.8 Å². The molecule has 0 unspecified atom stereocenters.